The molecule has 5 heteroatoms. The summed E-state index contributed by atoms with van der Waals surface area (Å²) < 4.78 is 7.16. The van der Waals surface area contributed by atoms with Crippen LogP contribution >= 0.6 is 0 Å². The maximum atomic E-state index is 12.8. The number of amides is 1. The average Bonchev–Trinajstić information content (AvgIpc) is 3.08. The van der Waals surface area contributed by atoms with Crippen LogP contribution in [0.3, 0.4) is 0 Å². The number of carbonyl (C=O) groups excluding carboxylic acids is 1. The smallest absolute Gasteiger partial charge is 0.227 e. The van der Waals surface area contributed by atoms with E-state index in [-0.39, 0.29) is 11.9 Å². The Balaban J connectivity index is 1.68. The molecule has 1 aliphatic heterocycles. The lowest BCUT2D eigenvalue weighted by atomic mass is 10.0. The van der Waals surface area contributed by atoms with Gasteiger partial charge in [0, 0.05) is 18.9 Å². The summed E-state index contributed by atoms with van der Waals surface area (Å²) in [5.41, 5.74) is 0.998. The second-order valence-corrected chi connectivity index (χ2v) is 5.99. The number of aromatic nitrogens is 2. The maximum absolute atomic E-state index is 12.8. The number of hydrogen-bond donors (Lipinski definition) is 0. The highest BCUT2D eigenvalue weighted by atomic mass is 16.5. The molecule has 0 N–H and O–H groups in total. The molecule has 1 fully saturated rings. The monoisotopic (exact) mass is 313 g/mol. The molecule has 0 radical (unpaired) electrons. The Hall–Kier alpha value is -2.30. The molecule has 1 amide bonds. The zero-order valence-electron chi connectivity index (χ0n) is 13.5. The molecule has 5 nitrogen and oxygen atoms in total. The van der Waals surface area contributed by atoms with E-state index in [1.807, 2.05) is 46.1 Å². The number of piperidine rings is 1. The van der Waals surface area contributed by atoms with E-state index >= 15 is 0 Å². The molecular formula is C18H23N3O2. The zero-order valence-corrected chi connectivity index (χ0v) is 13.5. The van der Waals surface area contributed by atoms with Crippen molar-refractivity contribution in [1.29, 1.82) is 0 Å². The van der Waals surface area contributed by atoms with Gasteiger partial charge >= 0.3 is 0 Å². The van der Waals surface area contributed by atoms with Crippen LogP contribution in [0.25, 0.3) is 0 Å². The predicted octanol–water partition coefficient (Wildman–Crippen LogP) is 2.52. The third-order valence-corrected chi connectivity index (χ3v) is 4.39. The van der Waals surface area contributed by atoms with E-state index in [1.165, 1.54) is 6.42 Å². The van der Waals surface area contributed by atoms with Gasteiger partial charge in [0.2, 0.25) is 5.91 Å². The Morgan fingerprint density at radius 1 is 1.35 bits per heavy atom. The summed E-state index contributed by atoms with van der Waals surface area (Å²) in [5, 5.41) is 4.27. The van der Waals surface area contributed by atoms with Gasteiger partial charge in [0.25, 0.3) is 0 Å². The molecule has 1 saturated heterocycles. The van der Waals surface area contributed by atoms with Gasteiger partial charge in [-0.2, -0.15) is 5.10 Å². The van der Waals surface area contributed by atoms with E-state index < -0.39 is 0 Å². The van der Waals surface area contributed by atoms with E-state index in [4.69, 9.17) is 4.74 Å². The minimum absolute atomic E-state index is 0.190. The standard InChI is InChI=1S/C18H23N3O2/c1-23-17-8-4-6-15(12-17)13-18(22)21-11-3-2-7-16(21)14-20-10-5-9-19-20/h4-6,8-10,12,16H,2-3,7,11,13-14H2,1H3. The van der Waals surface area contributed by atoms with Crippen LogP contribution in [0.1, 0.15) is 24.8 Å². The van der Waals surface area contributed by atoms with Crippen molar-refractivity contribution in [2.24, 2.45) is 0 Å². The summed E-state index contributed by atoms with van der Waals surface area (Å²) in [5.74, 6) is 0.983. The number of methoxy groups -OCH3 is 1. The normalized spacial score (nSPS) is 18.0. The second-order valence-electron chi connectivity index (χ2n) is 5.99. The van der Waals surface area contributed by atoms with E-state index in [0.717, 1.165) is 37.2 Å². The molecule has 1 aromatic heterocycles. The summed E-state index contributed by atoms with van der Waals surface area (Å²) >= 11 is 0. The molecule has 0 bridgehead atoms. The Kier molecular flexibility index (Phi) is 4.95. The molecule has 0 saturated carbocycles. The molecule has 0 aliphatic carbocycles. The number of carbonyl (C=O) groups is 1. The fourth-order valence-electron chi connectivity index (χ4n) is 3.20. The lowest BCUT2D eigenvalue weighted by Gasteiger charge is -2.36. The van der Waals surface area contributed by atoms with Crippen molar-refractivity contribution in [2.75, 3.05) is 13.7 Å². The van der Waals surface area contributed by atoms with E-state index in [1.54, 1.807) is 13.3 Å². The molecule has 1 atom stereocenters. The Bertz CT molecular complexity index is 639. The molecule has 23 heavy (non-hydrogen) atoms. The van der Waals surface area contributed by atoms with Gasteiger partial charge in [0.1, 0.15) is 5.75 Å². The quantitative estimate of drug-likeness (QED) is 0.852. The Labute approximate surface area is 136 Å². The van der Waals surface area contributed by atoms with Gasteiger partial charge in [0.05, 0.1) is 26.1 Å². The van der Waals surface area contributed by atoms with Crippen LogP contribution in [0, 0.1) is 0 Å². The van der Waals surface area contributed by atoms with E-state index in [2.05, 4.69) is 5.10 Å². The van der Waals surface area contributed by atoms with Gasteiger partial charge in [0.15, 0.2) is 0 Å². The number of nitrogens with zero attached hydrogens (tertiary/aromatic N) is 3. The molecule has 1 aliphatic rings. The third kappa shape index (κ3) is 3.92. The summed E-state index contributed by atoms with van der Waals surface area (Å²) in [7, 11) is 1.64. The first kappa shape index (κ1) is 15.6. The number of benzene rings is 1. The van der Waals surface area contributed by atoms with Crippen LogP contribution in [-0.2, 0) is 17.8 Å². The highest BCUT2D eigenvalue weighted by molar-refractivity contribution is 5.79. The van der Waals surface area contributed by atoms with Crippen molar-refractivity contribution < 1.29 is 9.53 Å². The lowest BCUT2D eigenvalue weighted by Crippen LogP contribution is -2.46. The molecular weight excluding hydrogens is 290 g/mol. The van der Waals surface area contributed by atoms with Crippen molar-refractivity contribution in [1.82, 2.24) is 14.7 Å². The molecule has 1 aromatic carbocycles. The second kappa shape index (κ2) is 7.31. The number of hydrogen-bond acceptors (Lipinski definition) is 3. The van der Waals surface area contributed by atoms with Gasteiger partial charge in [-0.3, -0.25) is 9.48 Å². The maximum Gasteiger partial charge on any atom is 0.227 e. The van der Waals surface area contributed by atoms with Crippen LogP contribution in [-0.4, -0.2) is 40.3 Å². The minimum Gasteiger partial charge on any atom is -0.497 e. The van der Waals surface area contributed by atoms with Gasteiger partial charge in [-0.15, -0.1) is 0 Å². The Morgan fingerprint density at radius 3 is 3.04 bits per heavy atom. The van der Waals surface area contributed by atoms with Gasteiger partial charge in [-0.1, -0.05) is 12.1 Å². The third-order valence-electron chi connectivity index (χ3n) is 4.39. The fourth-order valence-corrected chi connectivity index (χ4v) is 3.20. The molecule has 0 spiro atoms. The highest BCUT2D eigenvalue weighted by Crippen LogP contribution is 2.21. The van der Waals surface area contributed by atoms with Gasteiger partial charge in [-0.05, 0) is 43.0 Å². The molecule has 122 valence electrons. The topological polar surface area (TPSA) is 47.4 Å². The summed E-state index contributed by atoms with van der Waals surface area (Å²) in [4.78, 5) is 14.8. The summed E-state index contributed by atoms with van der Waals surface area (Å²) in [6, 6.07) is 9.90. The molecule has 2 aromatic rings. The van der Waals surface area contributed by atoms with Crippen molar-refractivity contribution in [2.45, 2.75) is 38.3 Å². The predicted molar refractivity (Wildman–Crippen MR) is 88.3 cm³/mol. The first-order valence-electron chi connectivity index (χ1n) is 8.16. The van der Waals surface area contributed by atoms with Crippen molar-refractivity contribution in [3.05, 3.63) is 48.3 Å². The molecule has 3 rings (SSSR count). The van der Waals surface area contributed by atoms with E-state index in [9.17, 15) is 4.79 Å². The van der Waals surface area contributed by atoms with Crippen molar-refractivity contribution in [3.8, 4) is 5.75 Å². The Morgan fingerprint density at radius 2 is 2.26 bits per heavy atom. The fraction of sp³-hybridized carbons (Fsp3) is 0.444. The highest BCUT2D eigenvalue weighted by Gasteiger charge is 2.27. The number of likely N-dealkylation sites (tertiary alicyclic amines) is 1. The summed E-state index contributed by atoms with van der Waals surface area (Å²) in [6.07, 6.45) is 7.47. The van der Waals surface area contributed by atoms with Crippen LogP contribution in [0.15, 0.2) is 42.7 Å². The van der Waals surface area contributed by atoms with Crippen LogP contribution < -0.4 is 4.74 Å². The molecule has 2 heterocycles. The first-order chi connectivity index (χ1) is 11.3. The lowest BCUT2D eigenvalue weighted by molar-refractivity contribution is -0.134. The van der Waals surface area contributed by atoms with Crippen LogP contribution in [0.2, 0.25) is 0 Å². The zero-order chi connectivity index (χ0) is 16.1. The summed E-state index contributed by atoms with van der Waals surface area (Å²) in [6.45, 7) is 1.62. The number of ether oxygens (including phenoxy) is 1. The van der Waals surface area contributed by atoms with Gasteiger partial charge in [-0.25, -0.2) is 0 Å². The minimum atomic E-state index is 0.190. The SMILES string of the molecule is COc1cccc(CC(=O)N2CCCCC2Cn2cccn2)c1. The first-order valence-corrected chi connectivity index (χ1v) is 8.16. The number of rotatable bonds is 5. The van der Waals surface area contributed by atoms with Crippen LogP contribution in [0.4, 0.5) is 0 Å². The average molecular weight is 313 g/mol. The van der Waals surface area contributed by atoms with Gasteiger partial charge < -0.3 is 9.64 Å². The van der Waals surface area contributed by atoms with Crippen LogP contribution in [0.5, 0.6) is 5.75 Å². The largest absolute Gasteiger partial charge is 0.497 e. The van der Waals surface area contributed by atoms with Crippen molar-refractivity contribution >= 4 is 5.91 Å². The molecule has 1 unspecified atom stereocenters. The van der Waals surface area contributed by atoms with E-state index in [0.29, 0.717) is 6.42 Å². The van der Waals surface area contributed by atoms with Crippen molar-refractivity contribution in [3.63, 3.8) is 0 Å².